The van der Waals surface area contributed by atoms with E-state index >= 15 is 0 Å². The minimum atomic E-state index is 0.740. The Labute approximate surface area is 192 Å². The molecule has 6 aromatic rings. The maximum Gasteiger partial charge on any atom is 0.0556 e. The second-order valence-electron chi connectivity index (χ2n) is 7.94. The van der Waals surface area contributed by atoms with E-state index in [1.807, 2.05) is 6.07 Å². The number of benzene rings is 5. The zero-order valence-corrected chi connectivity index (χ0v) is 18.1. The molecule has 0 aliphatic rings. The summed E-state index contributed by atoms with van der Waals surface area (Å²) in [5.74, 6) is 0. The number of hydrogen-bond acceptors (Lipinski definition) is 0. The van der Waals surface area contributed by atoms with E-state index in [4.69, 9.17) is 11.6 Å². The van der Waals surface area contributed by atoms with Gasteiger partial charge in [-0.25, -0.2) is 0 Å². The first-order chi connectivity index (χ1) is 15.8. The number of para-hydroxylation sites is 2. The molecular weight excluding hydrogens is 410 g/mol. The van der Waals surface area contributed by atoms with Crippen molar-refractivity contribution < 1.29 is 0 Å². The summed E-state index contributed by atoms with van der Waals surface area (Å²) in [5, 5.41) is 3.17. The Morgan fingerprint density at radius 3 is 1.94 bits per heavy atom. The summed E-state index contributed by atoms with van der Waals surface area (Å²) >= 11 is 6.45. The number of hydrogen-bond donors (Lipinski definition) is 0. The normalized spacial score (nSPS) is 11.3. The molecule has 0 saturated carbocycles. The van der Waals surface area contributed by atoms with E-state index in [0.717, 1.165) is 16.2 Å². The van der Waals surface area contributed by atoms with Gasteiger partial charge in [0.1, 0.15) is 0 Å². The summed E-state index contributed by atoms with van der Waals surface area (Å²) in [6.07, 6.45) is 0. The second-order valence-corrected chi connectivity index (χ2v) is 8.38. The third kappa shape index (κ3) is 3.02. The van der Waals surface area contributed by atoms with Crippen LogP contribution in [0.5, 0.6) is 0 Å². The van der Waals surface area contributed by atoms with E-state index in [0.29, 0.717) is 0 Å². The lowest BCUT2D eigenvalue weighted by molar-refractivity contribution is 1.18. The molecule has 0 unspecified atom stereocenters. The zero-order chi connectivity index (χ0) is 21.5. The molecule has 1 aromatic heterocycles. The summed E-state index contributed by atoms with van der Waals surface area (Å²) < 4.78 is 2.34. The van der Waals surface area contributed by atoms with Gasteiger partial charge in [-0.2, -0.15) is 0 Å². The van der Waals surface area contributed by atoms with Gasteiger partial charge >= 0.3 is 0 Å². The summed E-state index contributed by atoms with van der Waals surface area (Å²) in [6.45, 7) is 0. The van der Waals surface area contributed by atoms with E-state index in [1.54, 1.807) is 0 Å². The average Bonchev–Trinajstić information content (AvgIpc) is 3.18. The van der Waals surface area contributed by atoms with Crippen LogP contribution in [0.3, 0.4) is 0 Å². The van der Waals surface area contributed by atoms with Crippen LogP contribution in [0.4, 0.5) is 0 Å². The van der Waals surface area contributed by atoms with Gasteiger partial charge in [-0.05, 0) is 41.0 Å². The van der Waals surface area contributed by atoms with E-state index in [9.17, 15) is 0 Å². The Hall–Kier alpha value is -3.81. The van der Waals surface area contributed by atoms with Crippen molar-refractivity contribution in [1.82, 2.24) is 4.57 Å². The average molecular weight is 430 g/mol. The summed E-state index contributed by atoms with van der Waals surface area (Å²) in [5.41, 5.74) is 8.27. The highest BCUT2D eigenvalue weighted by Gasteiger charge is 2.17. The third-order valence-electron chi connectivity index (χ3n) is 6.08. The van der Waals surface area contributed by atoms with Crippen LogP contribution in [0.15, 0.2) is 121 Å². The van der Waals surface area contributed by atoms with Gasteiger partial charge in [0.15, 0.2) is 0 Å². The zero-order valence-electron chi connectivity index (χ0n) is 17.4. The predicted octanol–water partition coefficient (Wildman–Crippen LogP) is 8.77. The molecule has 0 radical (unpaired) electrons. The molecule has 0 amide bonds. The molecule has 0 bridgehead atoms. The van der Waals surface area contributed by atoms with Crippen LogP contribution in [0.25, 0.3) is 49.7 Å². The Morgan fingerprint density at radius 2 is 1.09 bits per heavy atom. The first-order valence-corrected chi connectivity index (χ1v) is 11.1. The molecule has 0 spiro atoms. The number of rotatable bonds is 3. The van der Waals surface area contributed by atoms with Crippen LogP contribution in [-0.4, -0.2) is 4.57 Å². The lowest BCUT2D eigenvalue weighted by Gasteiger charge is -2.17. The fourth-order valence-corrected chi connectivity index (χ4v) is 4.85. The highest BCUT2D eigenvalue weighted by Crippen LogP contribution is 2.39. The van der Waals surface area contributed by atoms with Gasteiger partial charge in [0.25, 0.3) is 0 Å². The molecule has 32 heavy (non-hydrogen) atoms. The number of nitrogens with zero attached hydrogens (tertiary/aromatic N) is 1. The van der Waals surface area contributed by atoms with Gasteiger partial charge in [0.2, 0.25) is 0 Å². The first kappa shape index (κ1) is 18.9. The van der Waals surface area contributed by atoms with Crippen LogP contribution in [0.2, 0.25) is 5.02 Å². The molecule has 0 aliphatic carbocycles. The Balaban J connectivity index is 1.69. The standard InChI is InChI=1S/C30H20ClN/c31-22-18-19-27-26-15-7-9-17-29(26)32(30(27)20-22)28-16-8-6-14-25(28)24-13-5-4-12-23(24)21-10-2-1-3-11-21/h1-20H. The molecule has 0 N–H and O–H groups in total. The van der Waals surface area contributed by atoms with Crippen LogP contribution >= 0.6 is 11.6 Å². The highest BCUT2D eigenvalue weighted by atomic mass is 35.5. The topological polar surface area (TPSA) is 4.93 Å². The summed E-state index contributed by atoms with van der Waals surface area (Å²) in [7, 11) is 0. The molecule has 152 valence electrons. The fraction of sp³-hybridized carbons (Fsp3) is 0. The van der Waals surface area contributed by atoms with Crippen LogP contribution in [0, 0.1) is 0 Å². The minimum Gasteiger partial charge on any atom is -0.309 e. The van der Waals surface area contributed by atoms with Crippen molar-refractivity contribution >= 4 is 33.4 Å². The van der Waals surface area contributed by atoms with Crippen LogP contribution in [0.1, 0.15) is 0 Å². The van der Waals surface area contributed by atoms with Crippen molar-refractivity contribution in [3.05, 3.63) is 126 Å². The highest BCUT2D eigenvalue weighted by molar-refractivity contribution is 6.31. The predicted molar refractivity (Wildman–Crippen MR) is 137 cm³/mol. The Morgan fingerprint density at radius 1 is 0.469 bits per heavy atom. The smallest absolute Gasteiger partial charge is 0.0556 e. The van der Waals surface area contributed by atoms with Crippen molar-refractivity contribution in [2.45, 2.75) is 0 Å². The van der Waals surface area contributed by atoms with Gasteiger partial charge in [0.05, 0.1) is 16.7 Å². The number of halogens is 1. The van der Waals surface area contributed by atoms with Gasteiger partial charge in [-0.3, -0.25) is 0 Å². The lowest BCUT2D eigenvalue weighted by atomic mass is 9.93. The molecule has 1 heterocycles. The molecule has 0 aliphatic heterocycles. The quantitative estimate of drug-likeness (QED) is 0.265. The Kier molecular flexibility index (Phi) is 4.56. The maximum absolute atomic E-state index is 6.45. The van der Waals surface area contributed by atoms with E-state index in [-0.39, 0.29) is 0 Å². The lowest BCUT2D eigenvalue weighted by Crippen LogP contribution is -1.98. The second kappa shape index (κ2) is 7.71. The largest absolute Gasteiger partial charge is 0.309 e. The number of aromatic nitrogens is 1. The monoisotopic (exact) mass is 429 g/mol. The van der Waals surface area contributed by atoms with Gasteiger partial charge in [0, 0.05) is 21.4 Å². The summed E-state index contributed by atoms with van der Waals surface area (Å²) in [6, 6.07) is 42.5. The van der Waals surface area contributed by atoms with Crippen LogP contribution < -0.4 is 0 Å². The molecule has 0 fully saturated rings. The minimum absolute atomic E-state index is 0.740. The van der Waals surface area contributed by atoms with Gasteiger partial charge in [-0.1, -0.05) is 109 Å². The Bertz CT molecular complexity index is 1580. The van der Waals surface area contributed by atoms with E-state index < -0.39 is 0 Å². The molecule has 5 aromatic carbocycles. The van der Waals surface area contributed by atoms with Crippen molar-refractivity contribution in [3.63, 3.8) is 0 Å². The maximum atomic E-state index is 6.45. The molecular formula is C30H20ClN. The van der Waals surface area contributed by atoms with E-state index in [2.05, 4.69) is 120 Å². The molecule has 6 rings (SSSR count). The van der Waals surface area contributed by atoms with Crippen molar-refractivity contribution in [2.24, 2.45) is 0 Å². The fourth-order valence-electron chi connectivity index (χ4n) is 4.69. The van der Waals surface area contributed by atoms with Gasteiger partial charge in [-0.15, -0.1) is 0 Å². The SMILES string of the molecule is Clc1ccc2c3ccccc3n(-c3ccccc3-c3ccccc3-c3ccccc3)c2c1. The third-order valence-corrected chi connectivity index (χ3v) is 6.32. The van der Waals surface area contributed by atoms with Crippen molar-refractivity contribution in [3.8, 4) is 27.9 Å². The number of fused-ring (bicyclic) bond motifs is 3. The molecule has 0 atom stereocenters. The summed E-state index contributed by atoms with van der Waals surface area (Å²) in [4.78, 5) is 0. The molecule has 1 nitrogen and oxygen atoms in total. The van der Waals surface area contributed by atoms with E-state index in [1.165, 1.54) is 38.5 Å². The van der Waals surface area contributed by atoms with Crippen molar-refractivity contribution in [2.75, 3.05) is 0 Å². The molecule has 0 saturated heterocycles. The van der Waals surface area contributed by atoms with Crippen LogP contribution in [-0.2, 0) is 0 Å². The first-order valence-electron chi connectivity index (χ1n) is 10.7. The van der Waals surface area contributed by atoms with Crippen molar-refractivity contribution in [1.29, 1.82) is 0 Å². The van der Waals surface area contributed by atoms with Gasteiger partial charge < -0.3 is 4.57 Å². The molecule has 2 heteroatoms.